The van der Waals surface area contributed by atoms with Crippen molar-refractivity contribution in [2.75, 3.05) is 20.6 Å². The summed E-state index contributed by atoms with van der Waals surface area (Å²) in [4.78, 5) is 6.36. The Morgan fingerprint density at radius 1 is 1.55 bits per heavy atom. The summed E-state index contributed by atoms with van der Waals surface area (Å²) in [5.41, 5.74) is 1.75. The molecule has 0 aliphatic carbocycles. The van der Waals surface area contributed by atoms with Crippen LogP contribution in [0.25, 0.3) is 0 Å². The molecule has 1 N–H and O–H groups in total. The molecule has 0 radical (unpaired) electrons. The summed E-state index contributed by atoms with van der Waals surface area (Å²) in [6, 6.07) is 9.73. The van der Waals surface area contributed by atoms with Crippen LogP contribution in [0.1, 0.15) is 24.0 Å². The minimum Gasteiger partial charge on any atom is -0.352 e. The number of aliphatic imine (C=N–C) groups is 1. The first-order valence-corrected chi connectivity index (χ1v) is 6.73. The van der Waals surface area contributed by atoms with Crippen LogP contribution in [-0.2, 0) is 6.54 Å². The maximum absolute atomic E-state index is 8.88. The van der Waals surface area contributed by atoms with E-state index in [1.165, 1.54) is 0 Å². The second kappa shape index (κ2) is 8.76. The summed E-state index contributed by atoms with van der Waals surface area (Å²) < 4.78 is 0. The van der Waals surface area contributed by atoms with Gasteiger partial charge < -0.3 is 10.2 Å². The van der Waals surface area contributed by atoms with Gasteiger partial charge in [-0.05, 0) is 30.5 Å². The lowest BCUT2D eigenvalue weighted by molar-refractivity contribution is 0.470. The minimum absolute atomic E-state index is 0.661. The van der Waals surface area contributed by atoms with Crippen LogP contribution in [0, 0.1) is 11.3 Å². The minimum atomic E-state index is 0.661. The van der Waals surface area contributed by atoms with Gasteiger partial charge in [0.1, 0.15) is 0 Å². The maximum Gasteiger partial charge on any atom is 0.193 e. The molecule has 0 aliphatic heterocycles. The van der Waals surface area contributed by atoms with E-state index in [2.05, 4.69) is 27.9 Å². The molecule has 0 fully saturated rings. The Kier molecular flexibility index (Phi) is 6.91. The molecule has 0 aromatic heterocycles. The van der Waals surface area contributed by atoms with Gasteiger partial charge in [-0.3, -0.25) is 4.99 Å². The molecule has 0 atom stereocenters. The lowest BCUT2D eigenvalue weighted by Crippen LogP contribution is -2.38. The Hall–Kier alpha value is -2.28. The summed E-state index contributed by atoms with van der Waals surface area (Å²) in [7, 11) is 3.79. The molecule has 106 valence electrons. The Morgan fingerprint density at radius 2 is 2.35 bits per heavy atom. The number of nitrogens with zero attached hydrogens (tertiary/aromatic N) is 3. The predicted octanol–water partition coefficient (Wildman–Crippen LogP) is 2.53. The second-order valence-electron chi connectivity index (χ2n) is 4.57. The number of rotatable bonds is 6. The van der Waals surface area contributed by atoms with Crippen molar-refractivity contribution in [1.82, 2.24) is 10.2 Å². The van der Waals surface area contributed by atoms with Crippen LogP contribution >= 0.6 is 0 Å². The van der Waals surface area contributed by atoms with Gasteiger partial charge in [0.25, 0.3) is 0 Å². The van der Waals surface area contributed by atoms with E-state index >= 15 is 0 Å². The van der Waals surface area contributed by atoms with Gasteiger partial charge in [-0.1, -0.05) is 18.2 Å². The van der Waals surface area contributed by atoms with Gasteiger partial charge >= 0.3 is 0 Å². The second-order valence-corrected chi connectivity index (χ2v) is 4.57. The molecule has 4 heteroatoms. The van der Waals surface area contributed by atoms with Crippen molar-refractivity contribution in [1.29, 1.82) is 5.26 Å². The van der Waals surface area contributed by atoms with Crippen molar-refractivity contribution in [3.63, 3.8) is 0 Å². The number of guanidine groups is 1. The number of nitrogens with one attached hydrogen (secondary N) is 1. The van der Waals surface area contributed by atoms with Crippen molar-refractivity contribution in [3.8, 4) is 6.07 Å². The fourth-order valence-electron chi connectivity index (χ4n) is 1.90. The highest BCUT2D eigenvalue weighted by Gasteiger charge is 2.05. The molecule has 1 rings (SSSR count). The zero-order chi connectivity index (χ0) is 14.8. The topological polar surface area (TPSA) is 51.4 Å². The Bertz CT molecular complexity index is 499. The lowest BCUT2D eigenvalue weighted by Gasteiger charge is -2.21. The van der Waals surface area contributed by atoms with E-state index in [1.807, 2.05) is 31.3 Å². The van der Waals surface area contributed by atoms with E-state index in [0.29, 0.717) is 12.1 Å². The normalized spacial score (nSPS) is 10.8. The summed E-state index contributed by atoms with van der Waals surface area (Å²) in [6.45, 7) is 5.32. The Labute approximate surface area is 121 Å². The number of hydrogen-bond acceptors (Lipinski definition) is 2. The van der Waals surface area contributed by atoms with Gasteiger partial charge in [0.05, 0.1) is 11.6 Å². The zero-order valence-electron chi connectivity index (χ0n) is 12.3. The molecular formula is C16H22N4. The summed E-state index contributed by atoms with van der Waals surface area (Å²) in [5, 5.41) is 12.2. The molecule has 0 saturated heterocycles. The average Bonchev–Trinajstić information content (AvgIpc) is 2.48. The van der Waals surface area contributed by atoms with Crippen LogP contribution in [0.5, 0.6) is 0 Å². The van der Waals surface area contributed by atoms with E-state index in [0.717, 1.165) is 30.9 Å². The number of nitriles is 1. The first-order valence-electron chi connectivity index (χ1n) is 6.73. The zero-order valence-corrected chi connectivity index (χ0v) is 12.3. The van der Waals surface area contributed by atoms with E-state index in [9.17, 15) is 0 Å². The maximum atomic E-state index is 8.88. The Balaban J connectivity index is 2.52. The molecule has 0 heterocycles. The highest BCUT2D eigenvalue weighted by molar-refractivity contribution is 5.79. The summed E-state index contributed by atoms with van der Waals surface area (Å²) >= 11 is 0. The third-order valence-electron chi connectivity index (χ3n) is 2.98. The van der Waals surface area contributed by atoms with Crippen molar-refractivity contribution < 1.29 is 0 Å². The SMILES string of the molecule is C=CCCCN(C)C(=NC)NCc1cccc(C#N)c1. The average molecular weight is 270 g/mol. The van der Waals surface area contributed by atoms with Gasteiger partial charge in [-0.2, -0.15) is 5.26 Å². The molecule has 0 aliphatic rings. The smallest absolute Gasteiger partial charge is 0.193 e. The van der Waals surface area contributed by atoms with Crippen molar-refractivity contribution in [2.45, 2.75) is 19.4 Å². The van der Waals surface area contributed by atoms with Gasteiger partial charge in [0.2, 0.25) is 0 Å². The van der Waals surface area contributed by atoms with Crippen molar-refractivity contribution in [3.05, 3.63) is 48.0 Å². The number of benzene rings is 1. The first-order chi connectivity index (χ1) is 9.71. The molecule has 0 spiro atoms. The standard InChI is InChI=1S/C16H22N4/c1-4-5-6-10-20(3)16(18-2)19-13-15-9-7-8-14(11-15)12-17/h4,7-9,11H,1,5-6,10,13H2,2-3H3,(H,18,19). The third-order valence-corrected chi connectivity index (χ3v) is 2.98. The first kappa shape index (κ1) is 15.8. The van der Waals surface area contributed by atoms with Gasteiger partial charge in [-0.15, -0.1) is 6.58 Å². The van der Waals surface area contributed by atoms with Crippen LogP contribution < -0.4 is 5.32 Å². The van der Waals surface area contributed by atoms with Crippen LogP contribution in [0.2, 0.25) is 0 Å². The van der Waals surface area contributed by atoms with Gasteiger partial charge in [0.15, 0.2) is 5.96 Å². The molecule has 0 unspecified atom stereocenters. The van der Waals surface area contributed by atoms with Crippen LogP contribution in [-0.4, -0.2) is 31.5 Å². The van der Waals surface area contributed by atoms with Crippen molar-refractivity contribution >= 4 is 5.96 Å². The monoisotopic (exact) mass is 270 g/mol. The van der Waals surface area contributed by atoms with Crippen LogP contribution in [0.15, 0.2) is 41.9 Å². The Morgan fingerprint density at radius 3 is 3.00 bits per heavy atom. The van der Waals surface area contributed by atoms with Crippen LogP contribution in [0.4, 0.5) is 0 Å². The van der Waals surface area contributed by atoms with Gasteiger partial charge in [-0.25, -0.2) is 0 Å². The quantitative estimate of drug-likeness (QED) is 0.374. The van der Waals surface area contributed by atoms with E-state index < -0.39 is 0 Å². The summed E-state index contributed by atoms with van der Waals surface area (Å²) in [6.07, 6.45) is 3.99. The van der Waals surface area contributed by atoms with E-state index in [-0.39, 0.29) is 0 Å². The predicted molar refractivity (Wildman–Crippen MR) is 83.4 cm³/mol. The lowest BCUT2D eigenvalue weighted by atomic mass is 10.1. The van der Waals surface area contributed by atoms with E-state index in [4.69, 9.17) is 5.26 Å². The molecule has 4 nitrogen and oxygen atoms in total. The largest absolute Gasteiger partial charge is 0.352 e. The third kappa shape index (κ3) is 5.15. The highest BCUT2D eigenvalue weighted by Crippen LogP contribution is 2.04. The number of hydrogen-bond donors (Lipinski definition) is 1. The molecule has 0 saturated carbocycles. The van der Waals surface area contributed by atoms with Crippen LogP contribution in [0.3, 0.4) is 0 Å². The van der Waals surface area contributed by atoms with E-state index in [1.54, 1.807) is 13.1 Å². The molecule has 0 amide bonds. The van der Waals surface area contributed by atoms with Gasteiger partial charge in [0, 0.05) is 27.2 Å². The molecule has 0 bridgehead atoms. The summed E-state index contributed by atoms with van der Waals surface area (Å²) in [5.74, 6) is 0.858. The van der Waals surface area contributed by atoms with Crippen molar-refractivity contribution in [2.24, 2.45) is 4.99 Å². The molecular weight excluding hydrogens is 248 g/mol. The fraction of sp³-hybridized carbons (Fsp3) is 0.375. The molecule has 1 aromatic rings. The molecule has 20 heavy (non-hydrogen) atoms. The number of unbranched alkanes of at least 4 members (excludes halogenated alkanes) is 1. The fourth-order valence-corrected chi connectivity index (χ4v) is 1.90. The number of allylic oxidation sites excluding steroid dienone is 1. The highest BCUT2D eigenvalue weighted by atomic mass is 15.3. The molecule has 1 aromatic carbocycles.